The molecule has 0 aliphatic rings. The maximum absolute atomic E-state index is 9.71. The Balaban J connectivity index is 3.28. The molecule has 0 fully saturated rings. The van der Waals surface area contributed by atoms with Crippen LogP contribution in [-0.4, -0.2) is 19.3 Å². The van der Waals surface area contributed by atoms with Crippen LogP contribution in [0.3, 0.4) is 0 Å². The van der Waals surface area contributed by atoms with E-state index in [2.05, 4.69) is 0 Å². The molecule has 0 saturated heterocycles. The first-order chi connectivity index (χ1) is 6.74. The van der Waals surface area contributed by atoms with Crippen molar-refractivity contribution in [2.45, 2.75) is 6.92 Å². The lowest BCUT2D eigenvalue weighted by Crippen LogP contribution is -1.91. The molecule has 1 N–H and O–H groups in total. The smallest absolute Gasteiger partial charge is 0.201 e. The van der Waals surface area contributed by atoms with Gasteiger partial charge in [0, 0.05) is 5.56 Å². The second-order valence-corrected chi connectivity index (χ2v) is 2.74. The van der Waals surface area contributed by atoms with Gasteiger partial charge in [-0.05, 0) is 19.1 Å². The van der Waals surface area contributed by atoms with Crippen molar-refractivity contribution in [1.29, 1.82) is 0 Å². The molecule has 0 radical (unpaired) electrons. The number of phenols is 1. The van der Waals surface area contributed by atoms with Crippen molar-refractivity contribution in [1.82, 2.24) is 0 Å². The van der Waals surface area contributed by atoms with Crippen molar-refractivity contribution in [3.63, 3.8) is 0 Å². The zero-order valence-electron chi connectivity index (χ0n) is 8.57. The third-order valence-corrected chi connectivity index (χ3v) is 1.90. The molecule has 0 unspecified atom stereocenters. The van der Waals surface area contributed by atoms with Crippen LogP contribution in [0.4, 0.5) is 0 Å². The number of ether oxygens (including phenoxy) is 2. The summed E-state index contributed by atoms with van der Waals surface area (Å²) in [6.07, 6.45) is 3.74. The van der Waals surface area contributed by atoms with Crippen LogP contribution in [0.5, 0.6) is 17.2 Å². The summed E-state index contributed by atoms with van der Waals surface area (Å²) in [7, 11) is 3.02. The maximum atomic E-state index is 9.71. The van der Waals surface area contributed by atoms with Gasteiger partial charge in [-0.3, -0.25) is 0 Å². The average Bonchev–Trinajstić information content (AvgIpc) is 2.19. The molecule has 76 valence electrons. The minimum Gasteiger partial charge on any atom is -0.502 e. The Labute approximate surface area is 83.6 Å². The summed E-state index contributed by atoms with van der Waals surface area (Å²) in [6, 6.07) is 3.53. The number of phenolic OH excluding ortho intramolecular Hbond substituents is 1. The third kappa shape index (κ3) is 1.82. The summed E-state index contributed by atoms with van der Waals surface area (Å²) in [5, 5.41) is 9.71. The van der Waals surface area contributed by atoms with E-state index in [0.717, 1.165) is 5.56 Å². The number of hydrogen-bond acceptors (Lipinski definition) is 3. The number of benzene rings is 1. The molecule has 1 aromatic carbocycles. The Kier molecular flexibility index (Phi) is 3.40. The maximum Gasteiger partial charge on any atom is 0.201 e. The molecule has 0 aromatic heterocycles. The molecule has 0 heterocycles. The molecule has 0 spiro atoms. The summed E-state index contributed by atoms with van der Waals surface area (Å²) in [4.78, 5) is 0. The van der Waals surface area contributed by atoms with Crippen LogP contribution >= 0.6 is 0 Å². The highest BCUT2D eigenvalue weighted by Crippen LogP contribution is 2.39. The van der Waals surface area contributed by atoms with Crippen molar-refractivity contribution in [3.8, 4) is 17.2 Å². The molecule has 3 nitrogen and oxygen atoms in total. The largest absolute Gasteiger partial charge is 0.502 e. The van der Waals surface area contributed by atoms with Crippen LogP contribution < -0.4 is 9.47 Å². The Morgan fingerprint density at radius 1 is 1.21 bits per heavy atom. The first-order valence-electron chi connectivity index (χ1n) is 4.31. The average molecular weight is 194 g/mol. The molecule has 14 heavy (non-hydrogen) atoms. The topological polar surface area (TPSA) is 38.7 Å². The molecule has 3 heteroatoms. The van der Waals surface area contributed by atoms with Crippen LogP contribution in [-0.2, 0) is 0 Å². The Morgan fingerprint density at radius 2 is 1.93 bits per heavy atom. The van der Waals surface area contributed by atoms with Crippen molar-refractivity contribution >= 4 is 6.08 Å². The first kappa shape index (κ1) is 10.4. The van der Waals surface area contributed by atoms with Gasteiger partial charge in [0.05, 0.1) is 14.2 Å². The summed E-state index contributed by atoms with van der Waals surface area (Å²) in [6.45, 7) is 1.90. The van der Waals surface area contributed by atoms with Gasteiger partial charge < -0.3 is 14.6 Å². The van der Waals surface area contributed by atoms with Gasteiger partial charge in [-0.25, -0.2) is 0 Å². The van der Waals surface area contributed by atoms with Crippen molar-refractivity contribution in [2.75, 3.05) is 14.2 Å². The van der Waals surface area contributed by atoms with Gasteiger partial charge in [-0.2, -0.15) is 0 Å². The van der Waals surface area contributed by atoms with E-state index >= 15 is 0 Å². The van der Waals surface area contributed by atoms with Gasteiger partial charge in [-0.15, -0.1) is 0 Å². The molecule has 0 aliphatic carbocycles. The zero-order valence-corrected chi connectivity index (χ0v) is 8.57. The highest BCUT2D eigenvalue weighted by molar-refractivity contribution is 5.65. The zero-order chi connectivity index (χ0) is 10.6. The van der Waals surface area contributed by atoms with E-state index in [1.807, 2.05) is 25.1 Å². The summed E-state index contributed by atoms with van der Waals surface area (Å²) in [5.74, 6) is 0.878. The minimum atomic E-state index is 0.0330. The summed E-state index contributed by atoms with van der Waals surface area (Å²) >= 11 is 0. The van der Waals surface area contributed by atoms with Crippen LogP contribution in [0.15, 0.2) is 18.2 Å². The molecule has 0 amide bonds. The number of rotatable bonds is 3. The molecular formula is C11H14O3. The van der Waals surface area contributed by atoms with E-state index in [4.69, 9.17) is 9.47 Å². The second-order valence-electron chi connectivity index (χ2n) is 2.74. The normalized spacial score (nSPS) is 10.5. The van der Waals surface area contributed by atoms with Crippen LogP contribution in [0, 0.1) is 0 Å². The van der Waals surface area contributed by atoms with E-state index in [1.165, 1.54) is 14.2 Å². The number of aromatic hydroxyl groups is 1. The molecule has 0 saturated carbocycles. The van der Waals surface area contributed by atoms with E-state index in [1.54, 1.807) is 6.07 Å². The fourth-order valence-electron chi connectivity index (χ4n) is 1.26. The van der Waals surface area contributed by atoms with Crippen LogP contribution in [0.1, 0.15) is 12.5 Å². The van der Waals surface area contributed by atoms with E-state index in [9.17, 15) is 5.11 Å². The van der Waals surface area contributed by atoms with Gasteiger partial charge >= 0.3 is 0 Å². The predicted octanol–water partition coefficient (Wildman–Crippen LogP) is 2.44. The Morgan fingerprint density at radius 3 is 2.43 bits per heavy atom. The number of allylic oxidation sites excluding steroid dienone is 1. The summed E-state index contributed by atoms with van der Waals surface area (Å²) < 4.78 is 10.1. The minimum absolute atomic E-state index is 0.0330. The fraction of sp³-hybridized carbons (Fsp3) is 0.273. The quantitative estimate of drug-likeness (QED) is 0.803. The highest BCUT2D eigenvalue weighted by Gasteiger charge is 2.11. The fourth-order valence-corrected chi connectivity index (χ4v) is 1.26. The second kappa shape index (κ2) is 4.56. The van der Waals surface area contributed by atoms with Crippen molar-refractivity contribution < 1.29 is 14.6 Å². The standard InChI is InChI=1S/C11H14O3/c1-4-5-8-6-7-9(13-2)10(12)11(8)14-3/h4-7,12H,1-3H3/b5-4-. The third-order valence-electron chi connectivity index (χ3n) is 1.90. The molecule has 0 atom stereocenters. The van der Waals surface area contributed by atoms with Gasteiger partial charge in [0.25, 0.3) is 0 Å². The lowest BCUT2D eigenvalue weighted by molar-refractivity contribution is 0.339. The highest BCUT2D eigenvalue weighted by atomic mass is 16.5. The van der Waals surface area contributed by atoms with Gasteiger partial charge in [0.2, 0.25) is 5.75 Å². The van der Waals surface area contributed by atoms with Gasteiger partial charge in [0.15, 0.2) is 11.5 Å². The lowest BCUT2D eigenvalue weighted by atomic mass is 10.1. The monoisotopic (exact) mass is 194 g/mol. The van der Waals surface area contributed by atoms with E-state index in [-0.39, 0.29) is 5.75 Å². The molecule has 0 aliphatic heterocycles. The number of hydrogen-bond donors (Lipinski definition) is 1. The molecule has 1 aromatic rings. The van der Waals surface area contributed by atoms with Crippen LogP contribution in [0.2, 0.25) is 0 Å². The SMILES string of the molecule is C/C=C\c1ccc(OC)c(O)c1OC. The van der Waals surface area contributed by atoms with E-state index in [0.29, 0.717) is 11.5 Å². The van der Waals surface area contributed by atoms with Crippen molar-refractivity contribution in [3.05, 3.63) is 23.8 Å². The lowest BCUT2D eigenvalue weighted by Gasteiger charge is -2.10. The molecule has 1 rings (SSSR count). The Bertz CT molecular complexity index is 343. The van der Waals surface area contributed by atoms with Gasteiger partial charge in [0.1, 0.15) is 0 Å². The summed E-state index contributed by atoms with van der Waals surface area (Å²) in [5.41, 5.74) is 0.827. The molecule has 0 bridgehead atoms. The Hall–Kier alpha value is -1.64. The van der Waals surface area contributed by atoms with Crippen molar-refractivity contribution in [2.24, 2.45) is 0 Å². The predicted molar refractivity (Wildman–Crippen MR) is 55.9 cm³/mol. The van der Waals surface area contributed by atoms with Crippen LogP contribution in [0.25, 0.3) is 6.08 Å². The number of methoxy groups -OCH3 is 2. The first-order valence-corrected chi connectivity index (χ1v) is 4.31. The van der Waals surface area contributed by atoms with E-state index < -0.39 is 0 Å². The van der Waals surface area contributed by atoms with Gasteiger partial charge in [-0.1, -0.05) is 12.2 Å². The molecular weight excluding hydrogens is 180 g/mol.